The minimum atomic E-state index is -1.14. The molecule has 0 aliphatic heterocycles. The summed E-state index contributed by atoms with van der Waals surface area (Å²) < 4.78 is 17.1. The number of ether oxygens (including phenoxy) is 3. The lowest BCUT2D eigenvalue weighted by Crippen LogP contribution is -2.55. The van der Waals surface area contributed by atoms with Gasteiger partial charge in [-0.3, -0.25) is 9.59 Å². The van der Waals surface area contributed by atoms with Crippen molar-refractivity contribution in [2.24, 2.45) is 0 Å². The Kier molecular flexibility index (Phi) is 39.9. The van der Waals surface area contributed by atoms with Crippen LogP contribution >= 0.6 is 0 Å². The second-order valence-electron chi connectivity index (χ2n) is 16.2. The standard InChI is InChI=1S/C53H85NO7/c1-6-8-10-12-14-16-18-20-22-23-24-25-26-27-28-29-30-32-33-35-37-39-41-43-51(55)60-48-49(47-59-46-45-50(53(57)58)54(3,4)5)61-52(56)44-42-40-38-36-34-31-21-19-17-15-13-11-9-7-2/h8-11,14-17,20,22,24-25,27-28,30,32,35,37,49-50H,6-7,12-13,18-19,21,23,26,29,31,33-34,36,38-48H2,1-5H3/b10-8+,11-9+,16-14+,17-15+,22-20+,25-24+,28-27+,32-30+,37-35+. The highest BCUT2D eigenvalue weighted by atomic mass is 16.6. The van der Waals surface area contributed by atoms with E-state index < -0.39 is 18.1 Å². The van der Waals surface area contributed by atoms with Crippen molar-refractivity contribution in [3.8, 4) is 0 Å². The summed E-state index contributed by atoms with van der Waals surface area (Å²) in [6.45, 7) is 4.35. The number of quaternary nitrogens is 1. The number of likely N-dealkylation sites (N-methyl/N-ethyl adjacent to an activating group) is 1. The molecule has 0 aromatic rings. The van der Waals surface area contributed by atoms with Crippen LogP contribution in [0.3, 0.4) is 0 Å². The van der Waals surface area contributed by atoms with E-state index in [0.29, 0.717) is 12.8 Å². The van der Waals surface area contributed by atoms with Gasteiger partial charge in [0.25, 0.3) is 0 Å². The van der Waals surface area contributed by atoms with E-state index in [1.807, 2.05) is 0 Å². The van der Waals surface area contributed by atoms with E-state index in [2.05, 4.69) is 123 Å². The predicted molar refractivity (Wildman–Crippen MR) is 254 cm³/mol. The third-order valence-electron chi connectivity index (χ3n) is 9.65. The Labute approximate surface area is 372 Å². The first-order valence-corrected chi connectivity index (χ1v) is 23.4. The van der Waals surface area contributed by atoms with Crippen molar-refractivity contribution in [3.05, 3.63) is 109 Å². The van der Waals surface area contributed by atoms with Gasteiger partial charge in [0.05, 0.1) is 40.3 Å². The molecule has 344 valence electrons. The van der Waals surface area contributed by atoms with Crippen molar-refractivity contribution >= 4 is 17.9 Å². The second-order valence-corrected chi connectivity index (χ2v) is 16.2. The molecule has 0 rings (SSSR count). The predicted octanol–water partition coefficient (Wildman–Crippen LogP) is 11.9. The van der Waals surface area contributed by atoms with Gasteiger partial charge in [0.15, 0.2) is 6.10 Å². The molecular weight excluding hydrogens is 763 g/mol. The van der Waals surface area contributed by atoms with E-state index >= 15 is 0 Å². The summed E-state index contributed by atoms with van der Waals surface area (Å²) in [7, 11) is 5.38. The Balaban J connectivity index is 4.42. The molecule has 0 aliphatic carbocycles. The molecule has 0 aliphatic rings. The fourth-order valence-electron chi connectivity index (χ4n) is 6.10. The molecule has 61 heavy (non-hydrogen) atoms. The second kappa shape index (κ2) is 42.7. The van der Waals surface area contributed by atoms with Gasteiger partial charge in [0.2, 0.25) is 0 Å². The van der Waals surface area contributed by atoms with Gasteiger partial charge < -0.3 is 28.6 Å². The van der Waals surface area contributed by atoms with Crippen LogP contribution in [0.2, 0.25) is 0 Å². The third kappa shape index (κ3) is 41.1. The van der Waals surface area contributed by atoms with Gasteiger partial charge in [-0.15, -0.1) is 0 Å². The lowest BCUT2D eigenvalue weighted by Gasteiger charge is -2.34. The molecule has 0 spiro atoms. The Morgan fingerprint density at radius 1 is 0.492 bits per heavy atom. The van der Waals surface area contributed by atoms with Crippen LogP contribution in [0.1, 0.15) is 155 Å². The lowest BCUT2D eigenvalue weighted by atomic mass is 10.1. The van der Waals surface area contributed by atoms with Gasteiger partial charge in [0, 0.05) is 19.3 Å². The number of nitrogens with zero attached hydrogens (tertiary/aromatic N) is 1. The number of carbonyl (C=O) groups is 3. The fourth-order valence-corrected chi connectivity index (χ4v) is 6.10. The molecule has 0 aromatic carbocycles. The van der Waals surface area contributed by atoms with E-state index in [1.54, 1.807) is 21.1 Å². The van der Waals surface area contributed by atoms with Crippen LogP contribution < -0.4 is 5.11 Å². The van der Waals surface area contributed by atoms with E-state index in [4.69, 9.17) is 14.2 Å². The summed E-state index contributed by atoms with van der Waals surface area (Å²) in [5.41, 5.74) is 0. The molecule has 0 amide bonds. The largest absolute Gasteiger partial charge is 0.544 e. The number of allylic oxidation sites excluding steroid dienone is 18. The van der Waals surface area contributed by atoms with Crippen molar-refractivity contribution in [2.45, 2.75) is 167 Å². The molecule has 8 nitrogen and oxygen atoms in total. The Morgan fingerprint density at radius 2 is 0.885 bits per heavy atom. The van der Waals surface area contributed by atoms with Crippen LogP contribution in [0.5, 0.6) is 0 Å². The van der Waals surface area contributed by atoms with Crippen molar-refractivity contribution in [2.75, 3.05) is 41.0 Å². The third-order valence-corrected chi connectivity index (χ3v) is 9.65. The van der Waals surface area contributed by atoms with Crippen LogP contribution in [0.15, 0.2) is 109 Å². The molecule has 0 saturated carbocycles. The molecule has 2 atom stereocenters. The number of unbranched alkanes of at least 4 members (excludes halogenated alkanes) is 8. The summed E-state index contributed by atoms with van der Waals surface area (Å²) >= 11 is 0. The molecule has 8 heteroatoms. The van der Waals surface area contributed by atoms with Crippen molar-refractivity contribution in [1.29, 1.82) is 0 Å². The normalized spacial score (nSPS) is 13.9. The van der Waals surface area contributed by atoms with Gasteiger partial charge in [-0.05, 0) is 89.9 Å². The highest BCUT2D eigenvalue weighted by molar-refractivity contribution is 5.70. The molecule has 0 N–H and O–H groups in total. The zero-order chi connectivity index (χ0) is 44.9. The number of carbonyl (C=O) groups excluding carboxylic acids is 3. The maximum Gasteiger partial charge on any atom is 0.306 e. The van der Waals surface area contributed by atoms with Gasteiger partial charge in [0.1, 0.15) is 12.6 Å². The quantitative estimate of drug-likeness (QED) is 0.0262. The Bertz CT molecular complexity index is 1360. The summed E-state index contributed by atoms with van der Waals surface area (Å²) in [6, 6.07) is -0.742. The molecule has 0 heterocycles. The number of carboxylic acids is 1. The molecule has 0 fully saturated rings. The van der Waals surface area contributed by atoms with Gasteiger partial charge in [-0.25, -0.2) is 0 Å². The molecule has 0 bridgehead atoms. The number of esters is 2. The first-order valence-electron chi connectivity index (χ1n) is 23.4. The van der Waals surface area contributed by atoms with E-state index in [-0.39, 0.29) is 49.1 Å². The highest BCUT2D eigenvalue weighted by Gasteiger charge is 2.25. The zero-order valence-electron chi connectivity index (χ0n) is 39.0. The number of carboxylic acid groups (broad SMARTS) is 1. The number of rotatable bonds is 40. The SMILES string of the molecule is CC/C=C/C/C=C/C/C=C/C/C=C/C/C=C/C/C=C/C/C=C/CCCC(=O)OCC(COCCC(C(=O)[O-])[N+](C)(C)C)OC(=O)CCCCCCCCC/C=C/C/C=C/CC. The average Bonchev–Trinajstić information content (AvgIpc) is 3.22. The van der Waals surface area contributed by atoms with Crippen molar-refractivity contribution in [1.82, 2.24) is 0 Å². The van der Waals surface area contributed by atoms with Gasteiger partial charge >= 0.3 is 11.9 Å². The van der Waals surface area contributed by atoms with Gasteiger partial charge in [-0.1, -0.05) is 155 Å². The van der Waals surface area contributed by atoms with E-state index in [0.717, 1.165) is 96.3 Å². The van der Waals surface area contributed by atoms with Crippen molar-refractivity contribution < 1.29 is 38.2 Å². The van der Waals surface area contributed by atoms with Crippen LogP contribution in [0, 0.1) is 0 Å². The lowest BCUT2D eigenvalue weighted by molar-refractivity contribution is -0.889. The monoisotopic (exact) mass is 848 g/mol. The zero-order valence-corrected chi connectivity index (χ0v) is 39.0. The number of aliphatic carboxylic acids is 1. The van der Waals surface area contributed by atoms with Gasteiger partial charge in [-0.2, -0.15) is 0 Å². The summed E-state index contributed by atoms with van der Waals surface area (Å²) in [5.74, 6) is -1.84. The maximum absolute atomic E-state index is 12.7. The summed E-state index contributed by atoms with van der Waals surface area (Å²) in [5, 5.41) is 11.6. The minimum Gasteiger partial charge on any atom is -0.544 e. The fraction of sp³-hybridized carbons (Fsp3) is 0.604. The number of hydrogen-bond acceptors (Lipinski definition) is 7. The Morgan fingerprint density at radius 3 is 1.33 bits per heavy atom. The molecular formula is C53H85NO7. The summed E-state index contributed by atoms with van der Waals surface area (Å²) in [4.78, 5) is 36.9. The van der Waals surface area contributed by atoms with E-state index in [1.165, 1.54) is 19.3 Å². The van der Waals surface area contributed by atoms with E-state index in [9.17, 15) is 19.5 Å². The van der Waals surface area contributed by atoms with Crippen molar-refractivity contribution in [3.63, 3.8) is 0 Å². The number of hydrogen-bond donors (Lipinski definition) is 0. The first-order chi connectivity index (χ1) is 29.6. The van der Waals surface area contributed by atoms with Crippen LogP contribution in [0.4, 0.5) is 0 Å². The molecule has 2 unspecified atom stereocenters. The minimum absolute atomic E-state index is 0.0118. The molecule has 0 saturated heterocycles. The maximum atomic E-state index is 12.7. The highest BCUT2D eigenvalue weighted by Crippen LogP contribution is 2.13. The van der Waals surface area contributed by atoms with Crippen LogP contribution in [0.25, 0.3) is 0 Å². The van der Waals surface area contributed by atoms with Crippen LogP contribution in [-0.2, 0) is 28.6 Å². The Hall–Kier alpha value is -4.01. The summed E-state index contributed by atoms with van der Waals surface area (Å²) in [6.07, 6.45) is 58.4. The first kappa shape index (κ1) is 57.0. The molecule has 0 radical (unpaired) electrons. The average molecular weight is 848 g/mol. The van der Waals surface area contributed by atoms with Crippen LogP contribution in [-0.4, -0.2) is 75.5 Å². The smallest absolute Gasteiger partial charge is 0.306 e. The molecule has 0 aromatic heterocycles. The topological polar surface area (TPSA) is 102 Å².